The SMILES string of the molecule is Cc1nc2ccccc2c(-c2ccccc2)c1CC(=O)CCCCCOP(=O)([O-])OC(C)C. The van der Waals surface area contributed by atoms with E-state index < -0.39 is 13.9 Å². The van der Waals surface area contributed by atoms with Gasteiger partial charge in [-0.1, -0.05) is 55.0 Å². The van der Waals surface area contributed by atoms with Crippen molar-refractivity contribution in [2.75, 3.05) is 6.61 Å². The van der Waals surface area contributed by atoms with Gasteiger partial charge in [-0.15, -0.1) is 0 Å². The topological polar surface area (TPSA) is 88.5 Å². The Balaban J connectivity index is 1.62. The van der Waals surface area contributed by atoms with Gasteiger partial charge >= 0.3 is 0 Å². The van der Waals surface area contributed by atoms with E-state index in [0.29, 0.717) is 32.1 Å². The lowest BCUT2D eigenvalue weighted by Crippen LogP contribution is -2.13. The molecule has 0 radical (unpaired) electrons. The fourth-order valence-electron chi connectivity index (χ4n) is 3.88. The summed E-state index contributed by atoms with van der Waals surface area (Å²) < 4.78 is 21.2. The molecule has 176 valence electrons. The van der Waals surface area contributed by atoms with Crippen molar-refractivity contribution < 1.29 is 23.3 Å². The molecule has 33 heavy (non-hydrogen) atoms. The van der Waals surface area contributed by atoms with Gasteiger partial charge in [0.1, 0.15) is 5.78 Å². The molecule has 3 aromatic rings. The molecule has 0 saturated carbocycles. The minimum atomic E-state index is -4.25. The number of phosphoric acid groups is 1. The molecule has 0 fully saturated rings. The molecule has 2 aromatic carbocycles. The van der Waals surface area contributed by atoms with E-state index in [1.807, 2.05) is 43.3 Å². The maximum atomic E-state index is 12.8. The Labute approximate surface area is 195 Å². The number of unbranched alkanes of at least 4 members (excludes halogenated alkanes) is 2. The highest BCUT2D eigenvalue weighted by Gasteiger charge is 2.17. The molecule has 0 aliphatic carbocycles. The van der Waals surface area contributed by atoms with Crippen molar-refractivity contribution >= 4 is 24.5 Å². The fraction of sp³-hybridized carbons (Fsp3) is 0.385. The number of nitrogens with zero attached hydrogens (tertiary/aromatic N) is 1. The van der Waals surface area contributed by atoms with Crippen LogP contribution in [0, 0.1) is 6.92 Å². The number of benzene rings is 2. The molecule has 6 nitrogen and oxygen atoms in total. The first-order valence-electron chi connectivity index (χ1n) is 11.4. The number of Topliss-reactive ketones (excluding diaryl/α,β-unsaturated/α-hetero) is 1. The van der Waals surface area contributed by atoms with E-state index in [2.05, 4.69) is 18.2 Å². The van der Waals surface area contributed by atoms with Gasteiger partial charge in [0.05, 0.1) is 18.2 Å². The minimum Gasteiger partial charge on any atom is -0.756 e. The van der Waals surface area contributed by atoms with Crippen LogP contribution in [0.15, 0.2) is 54.6 Å². The van der Waals surface area contributed by atoms with Crippen molar-refractivity contribution in [3.63, 3.8) is 0 Å². The summed E-state index contributed by atoms with van der Waals surface area (Å²) in [7, 11) is -4.25. The van der Waals surface area contributed by atoms with Gasteiger partial charge in [-0.25, -0.2) is 0 Å². The molecule has 0 bridgehead atoms. The van der Waals surface area contributed by atoms with Gasteiger partial charge in [-0.3, -0.25) is 14.3 Å². The summed E-state index contributed by atoms with van der Waals surface area (Å²) in [6, 6.07) is 18.1. The van der Waals surface area contributed by atoms with Crippen molar-refractivity contribution in [2.24, 2.45) is 0 Å². The lowest BCUT2D eigenvalue weighted by molar-refractivity contribution is -0.228. The number of carbonyl (C=O) groups is 1. The Kier molecular flexibility index (Phi) is 8.93. The molecule has 0 aliphatic rings. The first-order chi connectivity index (χ1) is 15.8. The third-order valence-electron chi connectivity index (χ3n) is 5.33. The molecule has 1 heterocycles. The summed E-state index contributed by atoms with van der Waals surface area (Å²) in [5.41, 5.74) is 4.89. The van der Waals surface area contributed by atoms with E-state index >= 15 is 0 Å². The molecule has 7 heteroatoms. The van der Waals surface area contributed by atoms with Crippen LogP contribution in [-0.2, 0) is 24.8 Å². The number of para-hydroxylation sites is 1. The number of phosphoric ester groups is 1. The zero-order valence-electron chi connectivity index (χ0n) is 19.5. The maximum absolute atomic E-state index is 12.8. The van der Waals surface area contributed by atoms with Crippen LogP contribution < -0.4 is 4.89 Å². The second-order valence-electron chi connectivity index (χ2n) is 8.39. The van der Waals surface area contributed by atoms with Crippen LogP contribution in [0.2, 0.25) is 0 Å². The summed E-state index contributed by atoms with van der Waals surface area (Å²) in [6.45, 7) is 5.29. The summed E-state index contributed by atoms with van der Waals surface area (Å²) >= 11 is 0. The van der Waals surface area contributed by atoms with Gasteiger partial charge in [-0.2, -0.15) is 0 Å². The molecule has 1 unspecified atom stereocenters. The first kappa shape index (κ1) is 25.3. The van der Waals surface area contributed by atoms with Crippen LogP contribution in [0.4, 0.5) is 0 Å². The van der Waals surface area contributed by atoms with Gasteiger partial charge in [0, 0.05) is 23.9 Å². The monoisotopic (exact) mass is 468 g/mol. The quantitative estimate of drug-likeness (QED) is 0.247. The normalized spacial score (nSPS) is 13.4. The summed E-state index contributed by atoms with van der Waals surface area (Å²) in [4.78, 5) is 29.1. The highest BCUT2D eigenvalue weighted by atomic mass is 31.2. The van der Waals surface area contributed by atoms with Crippen molar-refractivity contribution in [3.05, 3.63) is 65.9 Å². The molecular weight excluding hydrogens is 437 g/mol. The van der Waals surface area contributed by atoms with E-state index in [9.17, 15) is 14.3 Å². The van der Waals surface area contributed by atoms with Crippen molar-refractivity contribution in [2.45, 2.75) is 59.0 Å². The maximum Gasteiger partial charge on any atom is 0.268 e. The predicted octanol–water partition coefficient (Wildman–Crippen LogP) is 5.79. The number of aromatic nitrogens is 1. The number of fused-ring (bicyclic) bond motifs is 1. The average Bonchev–Trinajstić information content (AvgIpc) is 2.76. The zero-order valence-corrected chi connectivity index (χ0v) is 20.3. The summed E-state index contributed by atoms with van der Waals surface area (Å²) in [5, 5.41) is 1.04. The molecule has 0 saturated heterocycles. The van der Waals surface area contributed by atoms with Gasteiger partial charge < -0.3 is 13.9 Å². The number of aryl methyl sites for hydroxylation is 1. The largest absolute Gasteiger partial charge is 0.756 e. The molecule has 1 atom stereocenters. The second-order valence-corrected chi connectivity index (χ2v) is 9.76. The Hall–Kier alpha value is -2.37. The molecule has 0 spiro atoms. The Morgan fingerprint density at radius 3 is 2.45 bits per heavy atom. The second kappa shape index (κ2) is 11.7. The van der Waals surface area contributed by atoms with Gasteiger partial charge in [0.15, 0.2) is 0 Å². The molecule has 0 N–H and O–H groups in total. The third-order valence-corrected chi connectivity index (χ3v) is 6.50. The van der Waals surface area contributed by atoms with Crippen molar-refractivity contribution in [1.29, 1.82) is 0 Å². The summed E-state index contributed by atoms with van der Waals surface area (Å²) in [5.74, 6) is 0.144. The van der Waals surface area contributed by atoms with Crippen LogP contribution in [0.5, 0.6) is 0 Å². The Morgan fingerprint density at radius 1 is 1.03 bits per heavy atom. The minimum absolute atomic E-state index is 0.0630. The van der Waals surface area contributed by atoms with Crippen LogP contribution in [0.1, 0.15) is 50.8 Å². The average molecular weight is 469 g/mol. The number of pyridine rings is 1. The predicted molar refractivity (Wildman–Crippen MR) is 129 cm³/mol. The van der Waals surface area contributed by atoms with E-state index in [-0.39, 0.29) is 12.4 Å². The fourth-order valence-corrected chi connectivity index (χ4v) is 4.81. The standard InChI is InChI=1S/C26H32NO5P/c1-19(2)32-33(29,30)31-17-11-5-8-14-22(28)18-24-20(3)27-25-16-10-9-15-23(25)26(24)21-12-6-4-7-13-21/h4,6-7,9-10,12-13,15-16,19H,5,8,11,14,17-18H2,1-3H3,(H,29,30)/p-1. The third kappa shape index (κ3) is 7.31. The number of hydrogen-bond donors (Lipinski definition) is 0. The van der Waals surface area contributed by atoms with E-state index in [1.165, 1.54) is 0 Å². The van der Waals surface area contributed by atoms with Gasteiger partial charge in [-0.05, 0) is 56.4 Å². The number of carbonyl (C=O) groups excluding carboxylic acids is 1. The molecule has 3 rings (SSSR count). The zero-order chi connectivity index (χ0) is 23.8. The molecule has 0 amide bonds. The Morgan fingerprint density at radius 2 is 1.73 bits per heavy atom. The highest BCUT2D eigenvalue weighted by molar-refractivity contribution is 7.45. The van der Waals surface area contributed by atoms with Gasteiger partial charge in [0.2, 0.25) is 0 Å². The van der Waals surface area contributed by atoms with Crippen LogP contribution in [0.25, 0.3) is 22.0 Å². The molecule has 0 aliphatic heterocycles. The number of rotatable bonds is 12. The van der Waals surface area contributed by atoms with Gasteiger partial charge in [0.25, 0.3) is 7.82 Å². The van der Waals surface area contributed by atoms with E-state index in [0.717, 1.165) is 33.3 Å². The highest BCUT2D eigenvalue weighted by Crippen LogP contribution is 2.39. The first-order valence-corrected chi connectivity index (χ1v) is 12.8. The lowest BCUT2D eigenvalue weighted by atomic mass is 9.91. The van der Waals surface area contributed by atoms with Crippen LogP contribution in [-0.4, -0.2) is 23.5 Å². The lowest BCUT2D eigenvalue weighted by Gasteiger charge is -2.24. The molecular formula is C26H31NO5P-. The van der Waals surface area contributed by atoms with Crippen LogP contribution in [0.3, 0.4) is 0 Å². The van der Waals surface area contributed by atoms with E-state index in [1.54, 1.807) is 13.8 Å². The van der Waals surface area contributed by atoms with E-state index in [4.69, 9.17) is 14.0 Å². The summed E-state index contributed by atoms with van der Waals surface area (Å²) in [6.07, 6.45) is 2.23. The van der Waals surface area contributed by atoms with Crippen LogP contribution >= 0.6 is 7.82 Å². The van der Waals surface area contributed by atoms with Crippen molar-refractivity contribution in [1.82, 2.24) is 4.98 Å². The van der Waals surface area contributed by atoms with Crippen molar-refractivity contribution in [3.8, 4) is 11.1 Å². The Bertz CT molecular complexity index is 1130. The number of ketones is 1. The smallest absolute Gasteiger partial charge is 0.268 e. The molecule has 1 aromatic heterocycles. The number of hydrogen-bond acceptors (Lipinski definition) is 6.